The van der Waals surface area contributed by atoms with Crippen LogP contribution in [0.5, 0.6) is 0 Å². The highest BCUT2D eigenvalue weighted by atomic mass is 35.5. The first kappa shape index (κ1) is 20.2. The molecule has 0 aliphatic carbocycles. The van der Waals surface area contributed by atoms with E-state index in [1.165, 1.54) is 46.5 Å². The maximum Gasteiger partial charge on any atom is 0.273 e. The number of hydrogen-bond donors (Lipinski definition) is 0. The molecule has 28 heavy (non-hydrogen) atoms. The lowest BCUT2D eigenvalue weighted by Crippen LogP contribution is -2.50. The summed E-state index contributed by atoms with van der Waals surface area (Å²) in [5.41, 5.74) is 0.422. The number of amides is 1. The number of hydrogen-bond acceptors (Lipinski definition) is 5. The average Bonchev–Trinajstić information content (AvgIpc) is 2.67. The number of carbonyl (C=O) groups excluding carboxylic acids is 1. The quantitative estimate of drug-likeness (QED) is 0.555. The monoisotopic (exact) mass is 423 g/mol. The van der Waals surface area contributed by atoms with Gasteiger partial charge in [0.2, 0.25) is 10.0 Å². The van der Waals surface area contributed by atoms with E-state index in [9.17, 15) is 23.3 Å². The normalized spacial score (nSPS) is 15.4. The van der Waals surface area contributed by atoms with Gasteiger partial charge in [-0.25, -0.2) is 8.42 Å². The summed E-state index contributed by atoms with van der Waals surface area (Å²) in [4.78, 5) is 24.9. The molecule has 1 amide bonds. The second kappa shape index (κ2) is 7.86. The predicted octanol–water partition coefficient (Wildman–Crippen LogP) is 2.70. The largest absolute Gasteiger partial charge is 0.336 e. The van der Waals surface area contributed by atoms with Crippen molar-refractivity contribution in [3.05, 3.63) is 68.7 Å². The molecule has 10 heteroatoms. The Hall–Kier alpha value is -2.49. The van der Waals surface area contributed by atoms with Gasteiger partial charge >= 0.3 is 0 Å². The average molecular weight is 424 g/mol. The zero-order valence-electron chi connectivity index (χ0n) is 15.0. The highest BCUT2D eigenvalue weighted by Crippen LogP contribution is 2.26. The van der Waals surface area contributed by atoms with Gasteiger partial charge in [-0.1, -0.05) is 29.8 Å². The first-order chi connectivity index (χ1) is 13.2. The van der Waals surface area contributed by atoms with Crippen LogP contribution in [0.2, 0.25) is 5.02 Å². The first-order valence-corrected chi connectivity index (χ1v) is 10.3. The van der Waals surface area contributed by atoms with Crippen molar-refractivity contribution in [1.82, 2.24) is 9.21 Å². The van der Waals surface area contributed by atoms with Gasteiger partial charge < -0.3 is 4.90 Å². The summed E-state index contributed by atoms with van der Waals surface area (Å²) in [6.07, 6.45) is 0. The van der Waals surface area contributed by atoms with E-state index in [0.29, 0.717) is 5.56 Å². The standard InChI is InChI=1S/C18H18ClN3O5S/c1-13-14(5-4-7-16(13)22(24)25)18(23)20-9-11-21(12-10-20)28(26,27)17-8-3-2-6-15(17)19/h2-8H,9-12H2,1H3. The molecule has 8 nitrogen and oxygen atoms in total. The number of nitro benzene ring substituents is 1. The molecule has 1 saturated heterocycles. The van der Waals surface area contributed by atoms with Crippen molar-refractivity contribution in [3.8, 4) is 0 Å². The van der Waals surface area contributed by atoms with Gasteiger partial charge in [-0.05, 0) is 25.1 Å². The van der Waals surface area contributed by atoms with E-state index in [1.54, 1.807) is 12.1 Å². The first-order valence-electron chi connectivity index (χ1n) is 8.51. The number of sulfonamides is 1. The molecule has 1 heterocycles. The topological polar surface area (TPSA) is 101 Å². The van der Waals surface area contributed by atoms with Crippen LogP contribution in [0.4, 0.5) is 5.69 Å². The molecule has 0 unspecified atom stereocenters. The molecule has 1 aliphatic rings. The van der Waals surface area contributed by atoms with Crippen LogP contribution in [0, 0.1) is 17.0 Å². The van der Waals surface area contributed by atoms with E-state index < -0.39 is 14.9 Å². The van der Waals surface area contributed by atoms with Gasteiger partial charge in [-0.3, -0.25) is 14.9 Å². The summed E-state index contributed by atoms with van der Waals surface area (Å²) in [7, 11) is -3.76. The molecule has 0 atom stereocenters. The number of nitro groups is 1. The van der Waals surface area contributed by atoms with Gasteiger partial charge in [-0.2, -0.15) is 4.31 Å². The predicted molar refractivity (Wildman–Crippen MR) is 104 cm³/mol. The van der Waals surface area contributed by atoms with Crippen molar-refractivity contribution in [2.24, 2.45) is 0 Å². The number of halogens is 1. The molecule has 0 bridgehead atoms. The molecule has 148 valence electrons. The van der Waals surface area contributed by atoms with Crippen LogP contribution in [0.25, 0.3) is 0 Å². The molecule has 0 aromatic heterocycles. The lowest BCUT2D eigenvalue weighted by molar-refractivity contribution is -0.385. The SMILES string of the molecule is Cc1c(C(=O)N2CCN(S(=O)(=O)c3ccccc3Cl)CC2)cccc1[N+](=O)[O-]. The van der Waals surface area contributed by atoms with Crippen molar-refractivity contribution in [3.63, 3.8) is 0 Å². The summed E-state index contributed by atoms with van der Waals surface area (Å²) < 4.78 is 26.9. The summed E-state index contributed by atoms with van der Waals surface area (Å²) in [6, 6.07) is 10.6. The van der Waals surface area contributed by atoms with Crippen LogP contribution in [0.15, 0.2) is 47.4 Å². The molecule has 2 aromatic rings. The third kappa shape index (κ3) is 3.73. The molecular formula is C18H18ClN3O5S. The van der Waals surface area contributed by atoms with Crippen molar-refractivity contribution in [2.75, 3.05) is 26.2 Å². The summed E-state index contributed by atoms with van der Waals surface area (Å²) >= 11 is 6.02. The van der Waals surface area contributed by atoms with Crippen molar-refractivity contribution >= 4 is 33.2 Å². The van der Waals surface area contributed by atoms with Crippen molar-refractivity contribution < 1.29 is 18.1 Å². The highest BCUT2D eigenvalue weighted by Gasteiger charge is 2.32. The Labute approximate surface area is 167 Å². The molecule has 0 saturated carbocycles. The third-order valence-corrected chi connectivity index (χ3v) is 7.11. The van der Waals surface area contributed by atoms with Crippen LogP contribution in [0.3, 0.4) is 0 Å². The maximum atomic E-state index is 12.8. The van der Waals surface area contributed by atoms with E-state index >= 15 is 0 Å². The van der Waals surface area contributed by atoms with E-state index in [1.807, 2.05) is 0 Å². The number of rotatable bonds is 4. The Morgan fingerprint density at radius 3 is 2.32 bits per heavy atom. The lowest BCUT2D eigenvalue weighted by Gasteiger charge is -2.34. The van der Waals surface area contributed by atoms with E-state index in [-0.39, 0.29) is 53.3 Å². The number of carbonyl (C=O) groups is 1. The van der Waals surface area contributed by atoms with Gasteiger partial charge in [0.15, 0.2) is 0 Å². The van der Waals surface area contributed by atoms with E-state index in [0.717, 1.165) is 0 Å². The smallest absolute Gasteiger partial charge is 0.273 e. The summed E-state index contributed by atoms with van der Waals surface area (Å²) in [5, 5.41) is 11.2. The van der Waals surface area contributed by atoms with Gasteiger partial charge in [0.25, 0.3) is 11.6 Å². The minimum Gasteiger partial charge on any atom is -0.336 e. The van der Waals surface area contributed by atoms with Gasteiger partial charge in [0.05, 0.1) is 9.95 Å². The molecule has 1 aliphatic heterocycles. The fraction of sp³-hybridized carbons (Fsp3) is 0.278. The van der Waals surface area contributed by atoms with Crippen molar-refractivity contribution in [2.45, 2.75) is 11.8 Å². The Morgan fingerprint density at radius 2 is 1.71 bits per heavy atom. The summed E-state index contributed by atoms with van der Waals surface area (Å²) in [5.74, 6) is -0.351. The lowest BCUT2D eigenvalue weighted by atomic mass is 10.1. The maximum absolute atomic E-state index is 12.8. The number of piperazine rings is 1. The molecule has 3 rings (SSSR count). The molecule has 1 fully saturated rings. The molecule has 0 radical (unpaired) electrons. The van der Waals surface area contributed by atoms with Crippen LogP contribution in [-0.4, -0.2) is 54.6 Å². The molecule has 2 aromatic carbocycles. The van der Waals surface area contributed by atoms with Crippen molar-refractivity contribution in [1.29, 1.82) is 0 Å². The molecule has 0 spiro atoms. The number of nitrogens with zero attached hydrogens (tertiary/aromatic N) is 3. The number of benzene rings is 2. The van der Waals surface area contributed by atoms with E-state index in [2.05, 4.69) is 0 Å². The highest BCUT2D eigenvalue weighted by molar-refractivity contribution is 7.89. The molecule has 0 N–H and O–H groups in total. The fourth-order valence-electron chi connectivity index (χ4n) is 3.15. The van der Waals surface area contributed by atoms with Gasteiger partial charge in [-0.15, -0.1) is 0 Å². The van der Waals surface area contributed by atoms with Gasteiger partial charge in [0, 0.05) is 43.4 Å². The van der Waals surface area contributed by atoms with Crippen LogP contribution in [0.1, 0.15) is 15.9 Å². The third-order valence-electron chi connectivity index (χ3n) is 4.71. The minimum absolute atomic E-state index is 0.0333. The zero-order valence-corrected chi connectivity index (χ0v) is 16.6. The Kier molecular flexibility index (Phi) is 5.69. The second-order valence-corrected chi connectivity index (χ2v) is 8.65. The van der Waals surface area contributed by atoms with Crippen LogP contribution in [-0.2, 0) is 10.0 Å². The van der Waals surface area contributed by atoms with Crippen LogP contribution < -0.4 is 0 Å². The minimum atomic E-state index is -3.76. The summed E-state index contributed by atoms with van der Waals surface area (Å²) in [6.45, 7) is 2.14. The molecular weight excluding hydrogens is 406 g/mol. The Bertz CT molecular complexity index is 1030. The Morgan fingerprint density at radius 1 is 1.07 bits per heavy atom. The Balaban J connectivity index is 1.76. The van der Waals surface area contributed by atoms with Crippen LogP contribution >= 0.6 is 11.6 Å². The van der Waals surface area contributed by atoms with Gasteiger partial charge in [0.1, 0.15) is 4.90 Å². The van der Waals surface area contributed by atoms with E-state index in [4.69, 9.17) is 11.6 Å². The fourth-order valence-corrected chi connectivity index (χ4v) is 5.06. The second-order valence-electron chi connectivity index (χ2n) is 6.33. The zero-order chi connectivity index (χ0) is 20.5.